The number of aliphatic imine (C=N–C) groups is 1. The van der Waals surface area contributed by atoms with Crippen LogP contribution >= 0.6 is 24.0 Å². The number of guanidine groups is 1. The van der Waals surface area contributed by atoms with E-state index < -0.39 is 0 Å². The smallest absolute Gasteiger partial charge is 0.191 e. The highest BCUT2D eigenvalue weighted by atomic mass is 127. The van der Waals surface area contributed by atoms with Crippen LogP contribution in [0.3, 0.4) is 0 Å². The average Bonchev–Trinajstić information content (AvgIpc) is 3.28. The summed E-state index contributed by atoms with van der Waals surface area (Å²) >= 11 is 0. The van der Waals surface area contributed by atoms with Gasteiger partial charge in [0.05, 0.1) is 32.9 Å². The van der Waals surface area contributed by atoms with Gasteiger partial charge in [-0.05, 0) is 45.3 Å². The van der Waals surface area contributed by atoms with Crippen molar-refractivity contribution >= 4 is 29.9 Å². The van der Waals surface area contributed by atoms with Gasteiger partial charge in [0.1, 0.15) is 5.75 Å². The molecule has 0 amide bonds. The number of halogens is 1. The zero-order valence-electron chi connectivity index (χ0n) is 18.7. The summed E-state index contributed by atoms with van der Waals surface area (Å²) in [7, 11) is 3.42. The molecular formula is C22H39IN4O3. The molecule has 2 N–H and O–H groups in total. The van der Waals surface area contributed by atoms with Gasteiger partial charge in [0.25, 0.3) is 0 Å². The molecule has 1 aliphatic rings. The van der Waals surface area contributed by atoms with Gasteiger partial charge in [-0.25, -0.2) is 0 Å². The van der Waals surface area contributed by atoms with Gasteiger partial charge in [-0.3, -0.25) is 9.89 Å². The molecule has 1 aromatic carbocycles. The van der Waals surface area contributed by atoms with Crippen molar-refractivity contribution in [3.63, 3.8) is 0 Å². The summed E-state index contributed by atoms with van der Waals surface area (Å²) < 4.78 is 16.1. The summed E-state index contributed by atoms with van der Waals surface area (Å²) in [4.78, 5) is 7.42. The Hall–Kier alpha value is -1.10. The van der Waals surface area contributed by atoms with E-state index in [9.17, 15) is 0 Å². The molecule has 2 rings (SSSR count). The van der Waals surface area contributed by atoms with E-state index in [1.807, 2.05) is 12.1 Å². The first kappa shape index (κ1) is 26.9. The van der Waals surface area contributed by atoms with Gasteiger partial charge in [0.2, 0.25) is 0 Å². The molecule has 0 radical (unpaired) electrons. The van der Waals surface area contributed by atoms with Crippen molar-refractivity contribution < 1.29 is 14.2 Å². The Morgan fingerprint density at radius 1 is 1.10 bits per heavy atom. The van der Waals surface area contributed by atoms with E-state index >= 15 is 0 Å². The molecule has 1 atom stereocenters. The van der Waals surface area contributed by atoms with Crippen LogP contribution in [-0.4, -0.2) is 77.6 Å². The van der Waals surface area contributed by atoms with Crippen molar-refractivity contribution in [2.75, 3.05) is 66.8 Å². The van der Waals surface area contributed by atoms with Crippen molar-refractivity contribution in [1.82, 2.24) is 15.5 Å². The molecule has 1 unspecified atom stereocenters. The van der Waals surface area contributed by atoms with Crippen LogP contribution < -0.4 is 15.4 Å². The first-order valence-corrected chi connectivity index (χ1v) is 10.8. The molecule has 1 aromatic rings. The highest BCUT2D eigenvalue weighted by Crippen LogP contribution is 2.31. The Morgan fingerprint density at radius 3 is 2.57 bits per heavy atom. The normalized spacial score (nSPS) is 15.5. The van der Waals surface area contributed by atoms with Gasteiger partial charge in [-0.15, -0.1) is 24.0 Å². The molecule has 172 valence electrons. The van der Waals surface area contributed by atoms with Crippen LogP contribution in [0.4, 0.5) is 0 Å². The number of hydrogen-bond acceptors (Lipinski definition) is 5. The fraction of sp³-hybridized carbons (Fsp3) is 0.682. The number of likely N-dealkylation sites (tertiary alicyclic amines) is 1. The van der Waals surface area contributed by atoms with Crippen molar-refractivity contribution in [2.45, 2.75) is 32.2 Å². The van der Waals surface area contributed by atoms with Crippen molar-refractivity contribution in [1.29, 1.82) is 0 Å². The Morgan fingerprint density at radius 2 is 1.87 bits per heavy atom. The van der Waals surface area contributed by atoms with Crippen LogP contribution in [0.25, 0.3) is 0 Å². The predicted molar refractivity (Wildman–Crippen MR) is 133 cm³/mol. The second-order valence-corrected chi connectivity index (χ2v) is 7.11. The molecular weight excluding hydrogens is 495 g/mol. The lowest BCUT2D eigenvalue weighted by molar-refractivity contribution is 0.0698. The Kier molecular flexibility index (Phi) is 14.9. The lowest BCUT2D eigenvalue weighted by atomic mass is 10.0. The first-order chi connectivity index (χ1) is 14.3. The fourth-order valence-electron chi connectivity index (χ4n) is 3.55. The monoisotopic (exact) mass is 534 g/mol. The number of hydrogen-bond donors (Lipinski definition) is 2. The molecule has 0 bridgehead atoms. The quantitative estimate of drug-likeness (QED) is 0.176. The summed E-state index contributed by atoms with van der Waals surface area (Å²) in [5, 5.41) is 6.76. The van der Waals surface area contributed by atoms with Crippen molar-refractivity contribution in [3.05, 3.63) is 29.8 Å². The molecule has 1 saturated heterocycles. The maximum atomic E-state index is 5.63. The van der Waals surface area contributed by atoms with Gasteiger partial charge in [-0.1, -0.05) is 18.2 Å². The predicted octanol–water partition coefficient (Wildman–Crippen LogP) is 3.06. The van der Waals surface area contributed by atoms with Crippen molar-refractivity contribution in [2.24, 2.45) is 4.99 Å². The highest BCUT2D eigenvalue weighted by Gasteiger charge is 2.25. The third-order valence-corrected chi connectivity index (χ3v) is 5.04. The van der Waals surface area contributed by atoms with E-state index in [0.717, 1.165) is 44.3 Å². The van der Waals surface area contributed by atoms with Crippen LogP contribution in [0.2, 0.25) is 0 Å². The SMILES string of the molecule is CCNC(=NCC(c1ccccc1OC)N1CCCC1)NCCCOCCOC.I. The number of para-hydroxylation sites is 1. The Balaban J connectivity index is 0.00000450. The van der Waals surface area contributed by atoms with Crippen LogP contribution in [0.15, 0.2) is 29.3 Å². The summed E-state index contributed by atoms with van der Waals surface area (Å²) in [6.07, 6.45) is 3.42. The van der Waals surface area contributed by atoms with Crippen LogP contribution in [0.1, 0.15) is 37.8 Å². The molecule has 0 spiro atoms. The van der Waals surface area contributed by atoms with Crippen molar-refractivity contribution in [3.8, 4) is 5.75 Å². The molecule has 0 saturated carbocycles. The molecule has 1 fully saturated rings. The minimum Gasteiger partial charge on any atom is -0.496 e. The van der Waals surface area contributed by atoms with E-state index in [1.54, 1.807) is 14.2 Å². The third-order valence-electron chi connectivity index (χ3n) is 5.04. The summed E-state index contributed by atoms with van der Waals surface area (Å²) in [6, 6.07) is 8.52. The zero-order valence-corrected chi connectivity index (χ0v) is 21.0. The number of rotatable bonds is 13. The topological polar surface area (TPSA) is 67.4 Å². The number of nitrogens with zero attached hydrogens (tertiary/aromatic N) is 2. The average molecular weight is 534 g/mol. The van der Waals surface area contributed by atoms with E-state index in [-0.39, 0.29) is 30.0 Å². The number of methoxy groups -OCH3 is 2. The molecule has 30 heavy (non-hydrogen) atoms. The fourth-order valence-corrected chi connectivity index (χ4v) is 3.55. The Bertz CT molecular complexity index is 598. The van der Waals surface area contributed by atoms with E-state index in [4.69, 9.17) is 19.2 Å². The van der Waals surface area contributed by atoms with Gasteiger partial charge >= 0.3 is 0 Å². The minimum atomic E-state index is 0. The standard InChI is InChI=1S/C22H38N4O3.HI/c1-4-23-22(24-12-9-15-29-17-16-27-2)25-18-20(26-13-7-8-14-26)19-10-5-6-11-21(19)28-3;/h5-6,10-11,20H,4,7-9,12-18H2,1-3H3,(H2,23,24,25);1H. The number of benzene rings is 1. The van der Waals surface area contributed by atoms with E-state index in [2.05, 4.69) is 34.6 Å². The van der Waals surface area contributed by atoms with Gasteiger partial charge in [0.15, 0.2) is 5.96 Å². The molecule has 8 heteroatoms. The molecule has 0 aliphatic carbocycles. The van der Waals surface area contributed by atoms with Gasteiger partial charge in [0, 0.05) is 32.4 Å². The van der Waals surface area contributed by atoms with E-state index in [1.165, 1.54) is 18.4 Å². The second kappa shape index (κ2) is 16.6. The summed E-state index contributed by atoms with van der Waals surface area (Å²) in [5.74, 6) is 1.79. The first-order valence-electron chi connectivity index (χ1n) is 10.8. The lowest BCUT2D eigenvalue weighted by Crippen LogP contribution is -2.39. The number of nitrogens with one attached hydrogen (secondary N) is 2. The molecule has 0 aromatic heterocycles. The van der Waals surface area contributed by atoms with Gasteiger partial charge in [-0.2, -0.15) is 0 Å². The summed E-state index contributed by atoms with van der Waals surface area (Å²) in [6.45, 7) is 8.65. The van der Waals surface area contributed by atoms with E-state index in [0.29, 0.717) is 26.4 Å². The summed E-state index contributed by atoms with van der Waals surface area (Å²) in [5.41, 5.74) is 1.21. The van der Waals surface area contributed by atoms with Crippen LogP contribution in [0.5, 0.6) is 5.75 Å². The lowest BCUT2D eigenvalue weighted by Gasteiger charge is -2.28. The van der Waals surface area contributed by atoms with Crippen LogP contribution in [0, 0.1) is 0 Å². The maximum Gasteiger partial charge on any atom is 0.191 e. The highest BCUT2D eigenvalue weighted by molar-refractivity contribution is 14.0. The minimum absolute atomic E-state index is 0. The maximum absolute atomic E-state index is 5.63. The molecule has 1 heterocycles. The largest absolute Gasteiger partial charge is 0.496 e. The number of ether oxygens (including phenoxy) is 3. The molecule has 7 nitrogen and oxygen atoms in total. The van der Waals surface area contributed by atoms with Crippen LogP contribution in [-0.2, 0) is 9.47 Å². The Labute approximate surface area is 199 Å². The molecule has 1 aliphatic heterocycles. The third kappa shape index (κ3) is 9.36. The zero-order chi connectivity index (χ0) is 20.7. The second-order valence-electron chi connectivity index (χ2n) is 7.11. The van der Waals surface area contributed by atoms with Gasteiger partial charge < -0.3 is 24.8 Å².